The van der Waals surface area contributed by atoms with E-state index in [-0.39, 0.29) is 30.9 Å². The van der Waals surface area contributed by atoms with Crippen molar-refractivity contribution in [3.63, 3.8) is 0 Å². The number of ether oxygens (including phenoxy) is 3. The summed E-state index contributed by atoms with van der Waals surface area (Å²) in [6, 6.07) is 11.3. The van der Waals surface area contributed by atoms with Crippen molar-refractivity contribution in [3.05, 3.63) is 76.2 Å². The van der Waals surface area contributed by atoms with Crippen molar-refractivity contribution in [2.75, 3.05) is 13.1 Å². The minimum absolute atomic E-state index is 0.0880. The van der Waals surface area contributed by atoms with Crippen LogP contribution in [-0.4, -0.2) is 68.0 Å². The highest BCUT2D eigenvalue weighted by atomic mass is 16.6. The van der Waals surface area contributed by atoms with Gasteiger partial charge in [0.15, 0.2) is 0 Å². The first kappa shape index (κ1) is 34.7. The maximum absolute atomic E-state index is 13.6. The second kappa shape index (κ2) is 12.9. The van der Waals surface area contributed by atoms with Gasteiger partial charge in [0.1, 0.15) is 35.0 Å². The normalized spacial score (nSPS) is 19.8. The molecule has 2 saturated heterocycles. The summed E-state index contributed by atoms with van der Waals surface area (Å²) in [7, 11) is 0. The maximum atomic E-state index is 13.6. The molecule has 0 radical (unpaired) electrons. The fourth-order valence-electron chi connectivity index (χ4n) is 7.78. The predicted octanol–water partition coefficient (Wildman–Crippen LogP) is 8.40. The Morgan fingerprint density at radius 1 is 0.887 bits per heavy atom. The third kappa shape index (κ3) is 6.71. The van der Waals surface area contributed by atoms with Crippen LogP contribution in [0.15, 0.2) is 63.0 Å². The number of benzene rings is 2. The average Bonchev–Trinajstić information content (AvgIpc) is 3.92. The van der Waals surface area contributed by atoms with Gasteiger partial charge in [-0.2, -0.15) is 0 Å². The second-order valence-corrected chi connectivity index (χ2v) is 16.3. The summed E-state index contributed by atoms with van der Waals surface area (Å²) in [4.78, 5) is 55.7. The van der Waals surface area contributed by atoms with Crippen molar-refractivity contribution in [3.8, 4) is 28.1 Å². The van der Waals surface area contributed by atoms with Crippen LogP contribution in [0.3, 0.4) is 0 Å². The lowest BCUT2D eigenvalue weighted by Crippen LogP contribution is -2.43. The minimum Gasteiger partial charge on any atom is -0.488 e. The summed E-state index contributed by atoms with van der Waals surface area (Å²) in [5.41, 5.74) is 5.34. The number of aliphatic imine (C=N–C) groups is 1. The lowest BCUT2D eigenvalue weighted by atomic mass is 9.92. The first-order valence-electron chi connectivity index (χ1n) is 18.4. The van der Waals surface area contributed by atoms with Crippen LogP contribution in [0.25, 0.3) is 38.9 Å². The summed E-state index contributed by atoms with van der Waals surface area (Å²) in [5.74, 6) is 1.30. The number of carbonyl (C=O) groups excluding carboxylic acids is 2. The smallest absolute Gasteiger partial charge is 0.410 e. The molecule has 0 bridgehead atoms. The highest BCUT2D eigenvalue weighted by Gasteiger charge is 2.37. The fourth-order valence-corrected chi connectivity index (χ4v) is 7.78. The molecule has 4 aliphatic heterocycles. The molecule has 2 fully saturated rings. The molecular formula is C41H45N5O7. The van der Waals surface area contributed by atoms with Gasteiger partial charge in [-0.15, -0.1) is 0 Å². The predicted molar refractivity (Wildman–Crippen MR) is 201 cm³/mol. The van der Waals surface area contributed by atoms with Gasteiger partial charge in [0.2, 0.25) is 0 Å². The molecule has 0 spiro atoms. The van der Waals surface area contributed by atoms with Crippen LogP contribution < -0.4 is 10.4 Å². The molecule has 4 aliphatic rings. The van der Waals surface area contributed by atoms with E-state index in [0.29, 0.717) is 47.8 Å². The molecule has 8 rings (SSSR count). The van der Waals surface area contributed by atoms with Crippen LogP contribution in [0.4, 0.5) is 9.59 Å². The number of aromatic amines is 1. The number of imidazole rings is 1. The molecule has 53 heavy (non-hydrogen) atoms. The van der Waals surface area contributed by atoms with Gasteiger partial charge in [0.05, 0.1) is 29.5 Å². The Bertz CT molecular complexity index is 2250. The summed E-state index contributed by atoms with van der Waals surface area (Å²) in [6.45, 7) is 12.7. The molecule has 12 nitrogen and oxygen atoms in total. The molecule has 2 atom stereocenters. The standard InChI is InChI=1S/C41H45N5O7/c1-40(2,3)52-38(48)45-15-7-9-31(45)29-17-25(20-42-29)23-11-14-27-33(18-23)50-22-28-26-13-12-24(19-34(26)51-37(47)35(27)28)30-21-43-36(44-30)32-10-8-16-46(32)39(49)53-41(4,5)6/h11-14,18-21,31-32H,7-10,15-17,22H2,1-6H3,(H,43,44)/t31-,32?/m0/s1. The number of H-pyrrole nitrogens is 1. The zero-order chi connectivity index (χ0) is 37.2. The van der Waals surface area contributed by atoms with Gasteiger partial charge in [0, 0.05) is 53.5 Å². The topological polar surface area (TPSA) is 140 Å². The summed E-state index contributed by atoms with van der Waals surface area (Å²) in [6.07, 6.45) is 6.99. The Balaban J connectivity index is 1.00. The number of aromatic nitrogens is 2. The number of carbonyl (C=O) groups is 2. The Labute approximate surface area is 307 Å². The number of amides is 2. The SMILES string of the molecule is CC(C)(C)OC(=O)N1CCCC1c1ncc(-c2ccc3c4c(c(=O)oc3c2)-c2ccc(C3=CN=C([C@@H]5CCCN5C(=O)OC(C)(C)C)C3)cc2OC4)[nH]1. The quantitative estimate of drug-likeness (QED) is 0.208. The highest BCUT2D eigenvalue weighted by molar-refractivity contribution is 6.03. The fraction of sp³-hybridized carbons (Fsp3) is 0.439. The van der Waals surface area contributed by atoms with Crippen LogP contribution in [-0.2, 0) is 16.1 Å². The zero-order valence-electron chi connectivity index (χ0n) is 31.1. The third-order valence-corrected chi connectivity index (χ3v) is 10.1. The van der Waals surface area contributed by atoms with Crippen molar-refractivity contribution in [2.45, 2.75) is 104 Å². The van der Waals surface area contributed by atoms with Crippen molar-refractivity contribution in [1.29, 1.82) is 0 Å². The molecule has 4 aromatic rings. The van der Waals surface area contributed by atoms with Crippen molar-refractivity contribution in [2.24, 2.45) is 4.99 Å². The number of nitrogens with zero attached hydrogens (tertiary/aromatic N) is 4. The second-order valence-electron chi connectivity index (χ2n) is 16.3. The molecule has 1 unspecified atom stereocenters. The lowest BCUT2D eigenvalue weighted by molar-refractivity contribution is 0.0216. The van der Waals surface area contributed by atoms with E-state index in [1.807, 2.05) is 84.1 Å². The van der Waals surface area contributed by atoms with E-state index in [4.69, 9.17) is 23.6 Å². The van der Waals surface area contributed by atoms with E-state index in [0.717, 1.165) is 64.7 Å². The first-order valence-corrected chi connectivity index (χ1v) is 18.4. The Morgan fingerprint density at radius 2 is 1.57 bits per heavy atom. The van der Waals surface area contributed by atoms with E-state index in [1.54, 1.807) is 16.0 Å². The Hall–Kier alpha value is -5.39. The summed E-state index contributed by atoms with van der Waals surface area (Å²) >= 11 is 0. The van der Waals surface area contributed by atoms with E-state index < -0.39 is 16.8 Å². The largest absolute Gasteiger partial charge is 0.488 e. The van der Waals surface area contributed by atoms with Gasteiger partial charge >= 0.3 is 17.8 Å². The summed E-state index contributed by atoms with van der Waals surface area (Å²) < 4.78 is 23.5. The van der Waals surface area contributed by atoms with Crippen LogP contribution in [0.5, 0.6) is 5.75 Å². The van der Waals surface area contributed by atoms with Gasteiger partial charge in [-0.3, -0.25) is 14.8 Å². The lowest BCUT2D eigenvalue weighted by Gasteiger charge is -2.28. The number of allylic oxidation sites excluding steroid dienone is 1. The average molecular weight is 720 g/mol. The van der Waals surface area contributed by atoms with E-state index in [9.17, 15) is 14.4 Å². The maximum Gasteiger partial charge on any atom is 0.410 e. The molecule has 2 aromatic carbocycles. The monoisotopic (exact) mass is 719 g/mol. The minimum atomic E-state index is -0.583. The van der Waals surface area contributed by atoms with E-state index in [1.165, 1.54) is 0 Å². The molecular weight excluding hydrogens is 674 g/mol. The third-order valence-electron chi connectivity index (χ3n) is 10.1. The molecule has 2 amide bonds. The zero-order valence-corrected chi connectivity index (χ0v) is 31.1. The van der Waals surface area contributed by atoms with Crippen molar-refractivity contribution < 1.29 is 28.2 Å². The number of hydrogen-bond acceptors (Lipinski definition) is 9. The molecule has 2 aromatic heterocycles. The number of likely N-dealkylation sites (tertiary alicyclic amines) is 2. The molecule has 12 heteroatoms. The number of rotatable bonds is 4. The van der Waals surface area contributed by atoms with Crippen LogP contribution in [0.1, 0.15) is 96.6 Å². The Morgan fingerprint density at radius 3 is 2.28 bits per heavy atom. The molecule has 0 aliphatic carbocycles. The molecule has 0 saturated carbocycles. The van der Waals surface area contributed by atoms with Crippen molar-refractivity contribution >= 4 is 34.4 Å². The Kier molecular flexibility index (Phi) is 8.46. The van der Waals surface area contributed by atoms with Gasteiger partial charge in [-0.05, 0) is 96.6 Å². The van der Waals surface area contributed by atoms with Gasteiger partial charge in [-0.1, -0.05) is 18.2 Å². The molecule has 6 heterocycles. The van der Waals surface area contributed by atoms with Crippen LogP contribution >= 0.6 is 0 Å². The highest BCUT2D eigenvalue weighted by Crippen LogP contribution is 2.42. The number of hydrogen-bond donors (Lipinski definition) is 1. The van der Waals surface area contributed by atoms with Crippen LogP contribution in [0.2, 0.25) is 0 Å². The number of fused-ring (bicyclic) bond motifs is 5. The molecule has 1 N–H and O–H groups in total. The van der Waals surface area contributed by atoms with Gasteiger partial charge in [0.25, 0.3) is 0 Å². The van der Waals surface area contributed by atoms with Crippen molar-refractivity contribution in [1.82, 2.24) is 19.8 Å². The van der Waals surface area contributed by atoms with Gasteiger partial charge < -0.3 is 23.6 Å². The first-order chi connectivity index (χ1) is 25.2. The number of nitrogens with one attached hydrogen (secondary N) is 1. The van der Waals surface area contributed by atoms with E-state index in [2.05, 4.69) is 9.97 Å². The summed E-state index contributed by atoms with van der Waals surface area (Å²) in [5, 5.41) is 0.798. The van der Waals surface area contributed by atoms with Crippen LogP contribution in [0, 0.1) is 0 Å². The molecule has 276 valence electrons. The van der Waals surface area contributed by atoms with Gasteiger partial charge in [-0.25, -0.2) is 19.4 Å². The van der Waals surface area contributed by atoms with E-state index >= 15 is 0 Å².